The molecule has 1 spiro atoms. The maximum Gasteiger partial charge on any atom is 0.201 e. The van der Waals surface area contributed by atoms with Crippen molar-refractivity contribution in [3.8, 4) is 0 Å². The first kappa shape index (κ1) is 15.3. The molecule has 8 atom stereocenters. The molecular weight excluding hydrogens is 284 g/mol. The van der Waals surface area contributed by atoms with Crippen LogP contribution in [0.2, 0.25) is 0 Å². The van der Waals surface area contributed by atoms with Crippen molar-refractivity contribution in [1.82, 2.24) is 0 Å². The van der Waals surface area contributed by atoms with Gasteiger partial charge in [0.2, 0.25) is 5.79 Å². The Morgan fingerprint density at radius 3 is 2.68 bits per heavy atom. The van der Waals surface area contributed by atoms with Crippen LogP contribution in [0.25, 0.3) is 0 Å². The van der Waals surface area contributed by atoms with E-state index in [2.05, 4.69) is 13.8 Å². The van der Waals surface area contributed by atoms with E-state index in [4.69, 9.17) is 24.0 Å². The molecular formula is C17H28O5. The molecule has 5 aliphatic rings. The SMILES string of the molecule is CCO[C@H]1O[C@@H]2O[C@@]3(C)CCC4[C@H](C)CCC([C@H]1C)[C@]42OO3. The number of hydrogen-bond acceptors (Lipinski definition) is 5. The fourth-order valence-corrected chi connectivity index (χ4v) is 5.23. The van der Waals surface area contributed by atoms with E-state index >= 15 is 0 Å². The lowest BCUT2D eigenvalue weighted by Gasteiger charge is -2.60. The summed E-state index contributed by atoms with van der Waals surface area (Å²) in [6.45, 7) is 9.15. The van der Waals surface area contributed by atoms with Crippen molar-refractivity contribution >= 4 is 0 Å². The minimum atomic E-state index is -0.700. The molecule has 5 heteroatoms. The summed E-state index contributed by atoms with van der Waals surface area (Å²) >= 11 is 0. The molecule has 2 bridgehead atoms. The first-order valence-corrected chi connectivity index (χ1v) is 8.82. The van der Waals surface area contributed by atoms with E-state index in [1.165, 1.54) is 6.42 Å². The second-order valence-corrected chi connectivity index (χ2v) is 7.73. The molecule has 126 valence electrons. The molecule has 0 N–H and O–H groups in total. The zero-order valence-electron chi connectivity index (χ0n) is 14.0. The molecule has 5 fully saturated rings. The van der Waals surface area contributed by atoms with E-state index in [-0.39, 0.29) is 18.5 Å². The fourth-order valence-electron chi connectivity index (χ4n) is 5.23. The standard InChI is InChI=1S/C17H28O5/c1-5-18-14-11(3)13-7-6-10(2)12-8-9-16(4)20-15(19-14)17(12,13)22-21-16/h10-15H,5-9H2,1-4H3/t10-,11-,12?,13?,14+,15-,16-,17-/m1/s1. The number of rotatable bonds is 2. The summed E-state index contributed by atoms with van der Waals surface area (Å²) in [5.74, 6) is 0.957. The van der Waals surface area contributed by atoms with Crippen LogP contribution in [0.1, 0.15) is 53.4 Å². The topological polar surface area (TPSA) is 46.2 Å². The van der Waals surface area contributed by atoms with E-state index in [0.717, 1.165) is 19.3 Å². The van der Waals surface area contributed by atoms with Crippen LogP contribution >= 0.6 is 0 Å². The van der Waals surface area contributed by atoms with Gasteiger partial charge < -0.3 is 14.2 Å². The molecule has 0 radical (unpaired) electrons. The van der Waals surface area contributed by atoms with Gasteiger partial charge >= 0.3 is 0 Å². The van der Waals surface area contributed by atoms with Crippen molar-refractivity contribution in [2.75, 3.05) is 6.61 Å². The van der Waals surface area contributed by atoms with Crippen LogP contribution in [0.3, 0.4) is 0 Å². The highest BCUT2D eigenvalue weighted by Gasteiger charge is 2.69. The third kappa shape index (κ3) is 1.96. The Morgan fingerprint density at radius 1 is 1.09 bits per heavy atom. The summed E-state index contributed by atoms with van der Waals surface area (Å²) in [6, 6.07) is 0. The summed E-state index contributed by atoms with van der Waals surface area (Å²) in [7, 11) is 0. The quantitative estimate of drug-likeness (QED) is 0.733. The highest BCUT2D eigenvalue weighted by molar-refractivity contribution is 5.09. The lowest BCUT2D eigenvalue weighted by atomic mass is 9.58. The van der Waals surface area contributed by atoms with Gasteiger partial charge in [0.25, 0.3) is 0 Å². The van der Waals surface area contributed by atoms with Crippen LogP contribution in [0, 0.1) is 23.7 Å². The Labute approximate surface area is 132 Å². The van der Waals surface area contributed by atoms with Crippen molar-refractivity contribution in [3.63, 3.8) is 0 Å². The minimum absolute atomic E-state index is 0.216. The third-order valence-corrected chi connectivity index (χ3v) is 6.43. The molecule has 4 aliphatic heterocycles. The predicted octanol–water partition coefficient (Wildman–Crippen LogP) is 3.23. The van der Waals surface area contributed by atoms with Crippen molar-refractivity contribution in [2.45, 2.75) is 77.3 Å². The first-order chi connectivity index (χ1) is 10.5. The molecule has 4 saturated heterocycles. The monoisotopic (exact) mass is 312 g/mol. The largest absolute Gasteiger partial charge is 0.353 e. The number of fused-ring (bicyclic) bond motifs is 2. The summed E-state index contributed by atoms with van der Waals surface area (Å²) in [5.41, 5.74) is -0.472. The zero-order valence-corrected chi connectivity index (χ0v) is 14.0. The van der Waals surface area contributed by atoms with Gasteiger partial charge in [-0.3, -0.25) is 0 Å². The summed E-state index contributed by atoms with van der Waals surface area (Å²) < 4.78 is 18.3. The normalized spacial score (nSPS) is 57.3. The van der Waals surface area contributed by atoms with E-state index < -0.39 is 11.4 Å². The van der Waals surface area contributed by atoms with Crippen LogP contribution in [0.4, 0.5) is 0 Å². The van der Waals surface area contributed by atoms with Crippen LogP contribution in [-0.2, 0) is 24.0 Å². The smallest absolute Gasteiger partial charge is 0.201 e. The number of ether oxygens (including phenoxy) is 3. The highest BCUT2D eigenvalue weighted by Crippen LogP contribution is 2.60. The summed E-state index contributed by atoms with van der Waals surface area (Å²) in [5, 5.41) is 0. The molecule has 1 aliphatic carbocycles. The molecule has 5 nitrogen and oxygen atoms in total. The number of hydrogen-bond donors (Lipinski definition) is 0. The van der Waals surface area contributed by atoms with E-state index in [9.17, 15) is 0 Å². The average molecular weight is 312 g/mol. The summed E-state index contributed by atoms with van der Waals surface area (Å²) in [6.07, 6.45) is 3.66. The second kappa shape index (κ2) is 5.15. The van der Waals surface area contributed by atoms with Gasteiger partial charge in [-0.25, -0.2) is 9.78 Å². The lowest BCUT2D eigenvalue weighted by Crippen LogP contribution is -2.70. The molecule has 0 aromatic rings. The molecule has 4 heterocycles. The van der Waals surface area contributed by atoms with E-state index in [0.29, 0.717) is 24.4 Å². The van der Waals surface area contributed by atoms with Crippen LogP contribution in [0.15, 0.2) is 0 Å². The Balaban J connectivity index is 1.75. The summed E-state index contributed by atoms with van der Waals surface area (Å²) in [4.78, 5) is 11.9. The lowest BCUT2D eigenvalue weighted by molar-refractivity contribution is -0.577. The Kier molecular flexibility index (Phi) is 3.59. The zero-order chi connectivity index (χ0) is 15.5. The van der Waals surface area contributed by atoms with E-state index in [1.54, 1.807) is 0 Å². The first-order valence-electron chi connectivity index (χ1n) is 8.82. The van der Waals surface area contributed by atoms with E-state index in [1.807, 2.05) is 13.8 Å². The van der Waals surface area contributed by atoms with Gasteiger partial charge in [-0.15, -0.1) is 0 Å². The van der Waals surface area contributed by atoms with Gasteiger partial charge in [0, 0.05) is 24.9 Å². The maximum absolute atomic E-state index is 6.25. The molecule has 0 aromatic heterocycles. The Hall–Kier alpha value is -0.200. The Bertz CT molecular complexity index is 443. The molecule has 22 heavy (non-hydrogen) atoms. The van der Waals surface area contributed by atoms with Gasteiger partial charge in [-0.05, 0) is 44.9 Å². The van der Waals surface area contributed by atoms with Gasteiger partial charge in [0.1, 0.15) is 0 Å². The van der Waals surface area contributed by atoms with Crippen LogP contribution < -0.4 is 0 Å². The maximum atomic E-state index is 6.25. The van der Waals surface area contributed by atoms with Crippen molar-refractivity contribution in [1.29, 1.82) is 0 Å². The van der Waals surface area contributed by atoms with Gasteiger partial charge in [0.15, 0.2) is 18.2 Å². The highest BCUT2D eigenvalue weighted by atomic mass is 17.3. The predicted molar refractivity (Wildman–Crippen MR) is 78.5 cm³/mol. The average Bonchev–Trinajstić information content (AvgIpc) is 2.71. The van der Waals surface area contributed by atoms with Crippen molar-refractivity contribution in [2.24, 2.45) is 23.7 Å². The molecule has 1 saturated carbocycles. The van der Waals surface area contributed by atoms with Gasteiger partial charge in [0.05, 0.1) is 0 Å². The van der Waals surface area contributed by atoms with Crippen molar-refractivity contribution in [3.05, 3.63) is 0 Å². The fraction of sp³-hybridized carbons (Fsp3) is 1.00. The molecule has 0 amide bonds. The Morgan fingerprint density at radius 2 is 1.91 bits per heavy atom. The molecule has 5 rings (SSSR count). The molecule has 2 unspecified atom stereocenters. The third-order valence-electron chi connectivity index (χ3n) is 6.43. The van der Waals surface area contributed by atoms with Gasteiger partial charge in [-0.2, -0.15) is 0 Å². The van der Waals surface area contributed by atoms with Crippen LogP contribution in [0.5, 0.6) is 0 Å². The van der Waals surface area contributed by atoms with Crippen molar-refractivity contribution < 1.29 is 24.0 Å². The van der Waals surface area contributed by atoms with Crippen LogP contribution in [-0.4, -0.2) is 30.6 Å². The minimum Gasteiger partial charge on any atom is -0.353 e. The second-order valence-electron chi connectivity index (χ2n) is 7.73. The molecule has 0 aromatic carbocycles. The van der Waals surface area contributed by atoms with Gasteiger partial charge in [-0.1, -0.05) is 13.8 Å².